The molecule has 4 rings (SSSR count). The Labute approximate surface area is 128 Å². The molecule has 1 aliphatic carbocycles. The summed E-state index contributed by atoms with van der Waals surface area (Å²) < 4.78 is 5.75. The van der Waals surface area contributed by atoms with Crippen molar-refractivity contribution < 1.29 is 4.74 Å². The summed E-state index contributed by atoms with van der Waals surface area (Å²) in [5, 5.41) is 4.67. The highest BCUT2D eigenvalue weighted by Gasteiger charge is 2.41. The van der Waals surface area contributed by atoms with E-state index in [0.29, 0.717) is 17.1 Å². The van der Waals surface area contributed by atoms with Crippen LogP contribution < -0.4 is 5.32 Å². The van der Waals surface area contributed by atoms with Gasteiger partial charge in [0.1, 0.15) is 5.15 Å². The molecule has 21 heavy (non-hydrogen) atoms. The Kier molecular flexibility index (Phi) is 3.19. The molecule has 2 aliphatic rings. The van der Waals surface area contributed by atoms with E-state index in [2.05, 4.69) is 20.3 Å². The summed E-state index contributed by atoms with van der Waals surface area (Å²) in [5.41, 5.74) is 1.02. The molecule has 2 aromatic heterocycles. The number of rotatable bonds is 2. The van der Waals surface area contributed by atoms with E-state index in [1.807, 2.05) is 6.07 Å². The van der Waals surface area contributed by atoms with Crippen LogP contribution in [0.2, 0.25) is 5.15 Å². The summed E-state index contributed by atoms with van der Waals surface area (Å²) in [6, 6.07) is 2.28. The van der Waals surface area contributed by atoms with E-state index in [1.165, 1.54) is 6.42 Å². The van der Waals surface area contributed by atoms with E-state index >= 15 is 0 Å². The Hall–Kier alpha value is -1.46. The molecule has 1 saturated carbocycles. The minimum atomic E-state index is 0.196. The third-order valence-corrected chi connectivity index (χ3v) is 4.96. The highest BCUT2D eigenvalue weighted by Crippen LogP contribution is 2.40. The van der Waals surface area contributed by atoms with Crippen LogP contribution in [0.3, 0.4) is 0 Å². The Balaban J connectivity index is 1.47. The van der Waals surface area contributed by atoms with Crippen molar-refractivity contribution in [3.8, 4) is 0 Å². The summed E-state index contributed by atoms with van der Waals surface area (Å²) in [7, 11) is 0. The molecule has 1 saturated heterocycles. The van der Waals surface area contributed by atoms with E-state index < -0.39 is 0 Å². The van der Waals surface area contributed by atoms with Gasteiger partial charge in [0.25, 0.3) is 0 Å². The van der Waals surface area contributed by atoms with E-state index in [9.17, 15) is 0 Å². The molecule has 2 fully saturated rings. The fraction of sp³-hybridized carbons (Fsp3) is 0.533. The molecule has 0 radical (unpaired) electrons. The van der Waals surface area contributed by atoms with Crippen molar-refractivity contribution in [2.24, 2.45) is 0 Å². The van der Waals surface area contributed by atoms with Gasteiger partial charge in [0, 0.05) is 18.4 Å². The van der Waals surface area contributed by atoms with Gasteiger partial charge >= 0.3 is 0 Å². The third-order valence-electron chi connectivity index (χ3n) is 4.66. The number of nitrogens with one attached hydrogen (secondary N) is 1. The number of aromatic nitrogens is 3. The van der Waals surface area contributed by atoms with Crippen LogP contribution in [0.5, 0.6) is 0 Å². The van der Waals surface area contributed by atoms with Crippen LogP contribution >= 0.6 is 11.6 Å². The van der Waals surface area contributed by atoms with Crippen molar-refractivity contribution in [3.05, 3.63) is 23.6 Å². The van der Waals surface area contributed by atoms with E-state index in [0.717, 1.165) is 43.2 Å². The molecule has 1 aliphatic heterocycles. The molecule has 2 aromatic rings. The van der Waals surface area contributed by atoms with Crippen LogP contribution in [-0.2, 0) is 4.74 Å². The van der Waals surface area contributed by atoms with Gasteiger partial charge in [-0.25, -0.2) is 15.0 Å². The lowest BCUT2D eigenvalue weighted by molar-refractivity contribution is -0.165. The van der Waals surface area contributed by atoms with Crippen molar-refractivity contribution in [2.75, 3.05) is 11.9 Å². The van der Waals surface area contributed by atoms with Gasteiger partial charge in [-0.3, -0.25) is 0 Å². The number of fused-ring (bicyclic) bond motifs is 1. The zero-order valence-electron chi connectivity index (χ0n) is 11.7. The molecule has 3 heterocycles. The Morgan fingerprint density at radius 1 is 1.24 bits per heavy atom. The van der Waals surface area contributed by atoms with Crippen LogP contribution in [0.1, 0.15) is 32.1 Å². The molecule has 0 unspecified atom stereocenters. The molecule has 1 N–H and O–H groups in total. The van der Waals surface area contributed by atoms with Gasteiger partial charge in [-0.1, -0.05) is 11.6 Å². The first-order valence-electron chi connectivity index (χ1n) is 7.42. The summed E-state index contributed by atoms with van der Waals surface area (Å²) in [4.78, 5) is 12.9. The monoisotopic (exact) mass is 304 g/mol. The average molecular weight is 305 g/mol. The number of hydrogen-bond acceptors (Lipinski definition) is 5. The number of hydrogen-bond donors (Lipinski definition) is 1. The van der Waals surface area contributed by atoms with Gasteiger partial charge < -0.3 is 10.1 Å². The maximum Gasteiger partial charge on any atom is 0.223 e. The first kappa shape index (κ1) is 13.2. The van der Waals surface area contributed by atoms with Crippen molar-refractivity contribution in [1.29, 1.82) is 0 Å². The van der Waals surface area contributed by atoms with Crippen molar-refractivity contribution in [3.63, 3.8) is 0 Å². The lowest BCUT2D eigenvalue weighted by atomic mass is 9.77. The number of pyridine rings is 1. The van der Waals surface area contributed by atoms with Gasteiger partial charge in [0.05, 0.1) is 23.1 Å². The second kappa shape index (κ2) is 5.07. The highest BCUT2D eigenvalue weighted by molar-refractivity contribution is 6.33. The van der Waals surface area contributed by atoms with Crippen molar-refractivity contribution >= 4 is 28.5 Å². The van der Waals surface area contributed by atoms with Crippen LogP contribution in [0.15, 0.2) is 18.5 Å². The minimum Gasteiger partial charge on any atom is -0.375 e. The van der Waals surface area contributed by atoms with Crippen LogP contribution in [0, 0.1) is 0 Å². The second-order valence-electron chi connectivity index (χ2n) is 5.93. The molecule has 6 heteroatoms. The maximum absolute atomic E-state index is 6.03. The molecule has 0 bridgehead atoms. The number of halogens is 1. The van der Waals surface area contributed by atoms with Crippen molar-refractivity contribution in [1.82, 2.24) is 15.0 Å². The molecule has 110 valence electrons. The van der Waals surface area contributed by atoms with Crippen LogP contribution in [0.25, 0.3) is 10.9 Å². The van der Waals surface area contributed by atoms with Crippen LogP contribution in [-0.4, -0.2) is 33.2 Å². The van der Waals surface area contributed by atoms with Crippen LogP contribution in [0.4, 0.5) is 5.95 Å². The zero-order valence-corrected chi connectivity index (χ0v) is 12.4. The minimum absolute atomic E-state index is 0.196. The SMILES string of the molecule is Clc1nccc2nc(NC3CCC4(CCO4)CC3)ncc12. The maximum atomic E-state index is 6.03. The smallest absolute Gasteiger partial charge is 0.223 e. The largest absolute Gasteiger partial charge is 0.375 e. The Bertz CT molecular complexity index is 664. The summed E-state index contributed by atoms with van der Waals surface area (Å²) >= 11 is 6.03. The molecule has 1 spiro atoms. The molecular weight excluding hydrogens is 288 g/mol. The van der Waals surface area contributed by atoms with Gasteiger partial charge in [-0.2, -0.15) is 0 Å². The highest BCUT2D eigenvalue weighted by atomic mass is 35.5. The first-order chi connectivity index (χ1) is 10.2. The predicted molar refractivity (Wildman–Crippen MR) is 81.5 cm³/mol. The van der Waals surface area contributed by atoms with Crippen molar-refractivity contribution in [2.45, 2.75) is 43.7 Å². The average Bonchev–Trinajstić information content (AvgIpc) is 2.47. The zero-order chi connectivity index (χ0) is 14.3. The molecule has 0 aromatic carbocycles. The van der Waals surface area contributed by atoms with Gasteiger partial charge in [0.15, 0.2) is 0 Å². The van der Waals surface area contributed by atoms with E-state index in [4.69, 9.17) is 16.3 Å². The molecule has 0 amide bonds. The number of nitrogens with zero attached hydrogens (tertiary/aromatic N) is 3. The third kappa shape index (κ3) is 2.45. The fourth-order valence-electron chi connectivity index (χ4n) is 3.25. The summed E-state index contributed by atoms with van der Waals surface area (Å²) in [5.74, 6) is 0.667. The standard InChI is InChI=1S/C15H17ClN4O/c16-13-11-9-18-14(20-12(11)3-7-17-13)19-10-1-4-15(5-2-10)6-8-21-15/h3,7,9-10H,1-2,4-6,8H2,(H,18,19,20). The normalized spacial score (nSPS) is 28.5. The molecular formula is C15H17ClN4O. The predicted octanol–water partition coefficient (Wildman–Crippen LogP) is 3.19. The van der Waals surface area contributed by atoms with E-state index in [1.54, 1.807) is 12.4 Å². The summed E-state index contributed by atoms with van der Waals surface area (Å²) in [6.45, 7) is 0.931. The van der Waals surface area contributed by atoms with E-state index in [-0.39, 0.29) is 5.60 Å². The molecule has 5 nitrogen and oxygen atoms in total. The van der Waals surface area contributed by atoms with Gasteiger partial charge in [-0.15, -0.1) is 0 Å². The lowest BCUT2D eigenvalue weighted by Crippen LogP contribution is -2.48. The topological polar surface area (TPSA) is 59.9 Å². The number of ether oxygens (including phenoxy) is 1. The lowest BCUT2D eigenvalue weighted by Gasteiger charge is -2.46. The first-order valence-corrected chi connectivity index (χ1v) is 7.80. The van der Waals surface area contributed by atoms with Gasteiger partial charge in [0.2, 0.25) is 5.95 Å². The second-order valence-corrected chi connectivity index (χ2v) is 6.29. The Morgan fingerprint density at radius 3 is 2.76 bits per heavy atom. The quantitative estimate of drug-likeness (QED) is 0.863. The Morgan fingerprint density at radius 2 is 2.05 bits per heavy atom. The number of anilines is 1. The molecule has 0 atom stereocenters. The van der Waals surface area contributed by atoms with Gasteiger partial charge in [-0.05, 0) is 38.2 Å². The summed E-state index contributed by atoms with van der Waals surface area (Å²) in [6.07, 6.45) is 9.11. The fourth-order valence-corrected chi connectivity index (χ4v) is 3.45.